The van der Waals surface area contributed by atoms with E-state index in [0.717, 1.165) is 53.5 Å². The molecule has 0 bridgehead atoms. The number of methoxy groups -OCH3 is 1. The maximum Gasteiger partial charge on any atom is 0.547 e. The number of aromatic amines is 1. The van der Waals surface area contributed by atoms with Crippen LogP contribution in [0.2, 0.25) is 0 Å². The Hall–Kier alpha value is -4.62. The van der Waals surface area contributed by atoms with E-state index in [-0.39, 0.29) is 30.2 Å². The van der Waals surface area contributed by atoms with Crippen LogP contribution >= 0.6 is 0 Å². The number of aryl methyl sites for hydroxylation is 1. The Morgan fingerprint density at radius 1 is 1.14 bits per heavy atom. The largest absolute Gasteiger partial charge is 0.547 e. The topological polar surface area (TPSA) is 105 Å². The minimum Gasteiger partial charge on any atom is -0.496 e. The van der Waals surface area contributed by atoms with E-state index >= 15 is 0 Å². The van der Waals surface area contributed by atoms with Gasteiger partial charge in [0.05, 0.1) is 18.7 Å². The molecule has 0 spiro atoms. The van der Waals surface area contributed by atoms with Crippen molar-refractivity contribution in [1.29, 1.82) is 0 Å². The molecule has 9 nitrogen and oxygen atoms in total. The molecular formula is C34H36FN6O3+. The predicted octanol–water partition coefficient (Wildman–Crippen LogP) is 5.89. The van der Waals surface area contributed by atoms with Crippen molar-refractivity contribution >= 4 is 22.7 Å². The summed E-state index contributed by atoms with van der Waals surface area (Å²) in [5, 5.41) is 11.5. The molecular weight excluding hydrogens is 559 g/mol. The van der Waals surface area contributed by atoms with Gasteiger partial charge in [0.2, 0.25) is 5.91 Å². The van der Waals surface area contributed by atoms with Crippen LogP contribution in [0.4, 0.5) is 4.39 Å². The zero-order valence-corrected chi connectivity index (χ0v) is 25.0. The quantitative estimate of drug-likeness (QED) is 0.276. The Morgan fingerprint density at radius 2 is 1.98 bits per heavy atom. The molecule has 4 aromatic rings. The van der Waals surface area contributed by atoms with Crippen molar-refractivity contribution in [2.45, 2.75) is 64.1 Å². The lowest BCUT2D eigenvalue weighted by Gasteiger charge is -2.36. The molecule has 2 aromatic carbocycles. The Kier molecular flexibility index (Phi) is 8.66. The Bertz CT molecular complexity index is 1750. The Labute approximate surface area is 255 Å². The molecule has 0 radical (unpaired) electrons. The average molecular weight is 596 g/mol. The standard InChI is InChI=1S/C34H35FN6O3/c1-21-16-23(14-15-36-21)32-26-17-24(11-12-29(26)39-40-32)33(42)37-18-22-10-13-30(34(43)38-25-6-3-4-7-25)41(19-22)20-27-28(35)8-5-9-31(27)44-2/h5,8-9,11-12,14-17,22,25,30H,3-4,6-7,10,13,19-20H2,1-2H3,(H-,36,38,39,40,42,43)/p+1/t22?,30-/m0/s1. The maximum absolute atomic E-state index is 14.9. The highest BCUT2D eigenvalue weighted by atomic mass is 19.1. The second-order valence-corrected chi connectivity index (χ2v) is 11.7. The lowest BCUT2D eigenvalue weighted by atomic mass is 9.92. The number of likely N-dealkylation sites (tertiary alicyclic amines) is 1. The third-order valence-electron chi connectivity index (χ3n) is 8.67. The fraction of sp³-hybridized carbons (Fsp3) is 0.382. The monoisotopic (exact) mass is 595 g/mol. The van der Waals surface area contributed by atoms with Gasteiger partial charge in [0.25, 0.3) is 6.07 Å². The number of rotatable bonds is 7. The summed E-state index contributed by atoms with van der Waals surface area (Å²) < 4.78 is 20.4. The minimum atomic E-state index is -0.424. The lowest BCUT2D eigenvalue weighted by Crippen LogP contribution is -2.52. The molecule has 10 heteroatoms. The van der Waals surface area contributed by atoms with Crippen LogP contribution in [0, 0.1) is 24.7 Å². The van der Waals surface area contributed by atoms with Crippen LogP contribution in [0.25, 0.3) is 27.0 Å². The van der Waals surface area contributed by atoms with Gasteiger partial charge in [-0.25, -0.2) is 4.39 Å². The van der Waals surface area contributed by atoms with Gasteiger partial charge in [-0.1, -0.05) is 18.9 Å². The number of ether oxygens (including phenoxy) is 1. The second kappa shape index (κ2) is 12.9. The van der Waals surface area contributed by atoms with Crippen molar-refractivity contribution in [3.8, 4) is 23.1 Å². The summed E-state index contributed by atoms with van der Waals surface area (Å²) in [5.41, 5.74) is 4.16. The number of amides is 2. The summed E-state index contributed by atoms with van der Waals surface area (Å²) in [5.74, 6) is -0.600. The van der Waals surface area contributed by atoms with Crippen LogP contribution in [-0.2, 0) is 11.3 Å². The van der Waals surface area contributed by atoms with Crippen molar-refractivity contribution in [3.05, 3.63) is 82.2 Å². The van der Waals surface area contributed by atoms with E-state index in [1.165, 1.54) is 13.2 Å². The molecule has 2 atom stereocenters. The molecule has 2 fully saturated rings. The number of piperidine rings is 1. The van der Waals surface area contributed by atoms with Crippen molar-refractivity contribution < 1.29 is 18.7 Å². The number of fused-ring (bicyclic) bond motifs is 1. The summed E-state index contributed by atoms with van der Waals surface area (Å²) in [6.45, 7) is 2.52. The van der Waals surface area contributed by atoms with Crippen LogP contribution < -0.4 is 10.1 Å². The first-order chi connectivity index (χ1) is 21.4. The third kappa shape index (κ3) is 6.33. The Morgan fingerprint density at radius 3 is 2.77 bits per heavy atom. The molecule has 226 valence electrons. The molecule has 2 aliphatic rings. The summed E-state index contributed by atoms with van der Waals surface area (Å²) in [4.78, 5) is 37.0. The molecule has 44 heavy (non-hydrogen) atoms. The average Bonchev–Trinajstić information content (AvgIpc) is 3.70. The van der Waals surface area contributed by atoms with Crippen LogP contribution in [0.3, 0.4) is 0 Å². The molecule has 1 aliphatic heterocycles. The number of hydrogen-bond donors (Lipinski definition) is 2. The van der Waals surface area contributed by atoms with Gasteiger partial charge in [-0.05, 0) is 75.1 Å². The number of carbonyl (C=O) groups excluding carboxylic acids is 2. The second-order valence-electron chi connectivity index (χ2n) is 11.7. The molecule has 1 aliphatic carbocycles. The fourth-order valence-electron chi connectivity index (χ4n) is 6.35. The molecule has 1 saturated carbocycles. The van der Waals surface area contributed by atoms with Gasteiger partial charge in [0.15, 0.2) is 0 Å². The zero-order chi connectivity index (χ0) is 30.6. The molecule has 1 unspecified atom stereocenters. The van der Waals surface area contributed by atoms with Gasteiger partial charge in [-0.2, -0.15) is 9.89 Å². The molecule has 2 aromatic heterocycles. The number of halogens is 1. The van der Waals surface area contributed by atoms with Crippen LogP contribution in [0.15, 0.2) is 54.7 Å². The zero-order valence-electron chi connectivity index (χ0n) is 25.0. The van der Waals surface area contributed by atoms with Gasteiger partial charge >= 0.3 is 5.91 Å². The van der Waals surface area contributed by atoms with Crippen molar-refractivity contribution in [3.63, 3.8) is 0 Å². The molecule has 1 saturated heterocycles. The van der Waals surface area contributed by atoms with Crippen LogP contribution in [0.1, 0.15) is 60.1 Å². The minimum absolute atomic E-state index is 0.0349. The van der Waals surface area contributed by atoms with Gasteiger partial charge < -0.3 is 10.1 Å². The summed E-state index contributed by atoms with van der Waals surface area (Å²) in [6.07, 6.45) is 7.12. The molecule has 3 heterocycles. The predicted molar refractivity (Wildman–Crippen MR) is 166 cm³/mol. The number of nitrogens with one attached hydrogen (secondary N) is 2. The van der Waals surface area contributed by atoms with Gasteiger partial charge in [0.1, 0.15) is 28.7 Å². The van der Waals surface area contributed by atoms with Crippen LogP contribution in [-0.4, -0.2) is 57.6 Å². The fourth-order valence-corrected chi connectivity index (χ4v) is 6.35. The van der Waals surface area contributed by atoms with Gasteiger partial charge in [-0.15, -0.1) is 0 Å². The van der Waals surface area contributed by atoms with Crippen LogP contribution in [0.5, 0.6) is 5.75 Å². The van der Waals surface area contributed by atoms with E-state index in [4.69, 9.17) is 4.74 Å². The highest BCUT2D eigenvalue weighted by molar-refractivity contribution is 6.06. The van der Waals surface area contributed by atoms with Gasteiger partial charge in [-0.3, -0.25) is 19.8 Å². The van der Waals surface area contributed by atoms with E-state index in [1.54, 1.807) is 30.5 Å². The third-order valence-corrected chi connectivity index (χ3v) is 8.67. The summed E-state index contributed by atoms with van der Waals surface area (Å²) in [7, 11) is 1.51. The number of hydrogen-bond acceptors (Lipinski definition) is 6. The first kappa shape index (κ1) is 29.5. The smallest absolute Gasteiger partial charge is 0.496 e. The molecule has 2 N–H and O–H groups in total. The van der Waals surface area contributed by atoms with Gasteiger partial charge in [0, 0.05) is 52.4 Å². The summed E-state index contributed by atoms with van der Waals surface area (Å²) in [6, 6.07) is 16.7. The van der Waals surface area contributed by atoms with E-state index in [9.17, 15) is 14.0 Å². The molecule has 6 rings (SSSR count). The molecule has 2 amide bonds. The SMILES string of the molecule is COc1cccc(F)c1CN1CC(C#[N+]C(=O)c2ccc3[nH]nc(-c4ccnc(C)c4)c3c2)CC[C@H]1C(=O)NC1CCCC1. The lowest BCUT2D eigenvalue weighted by molar-refractivity contribution is -0.129. The van der Waals surface area contributed by atoms with E-state index in [0.29, 0.717) is 36.3 Å². The number of benzene rings is 2. The maximum atomic E-state index is 14.9. The number of nitrogens with zero attached hydrogens (tertiary/aromatic N) is 4. The normalized spacial score (nSPS) is 19.0. The van der Waals surface area contributed by atoms with E-state index in [2.05, 4.69) is 31.4 Å². The van der Waals surface area contributed by atoms with E-state index < -0.39 is 11.9 Å². The first-order valence-electron chi connectivity index (χ1n) is 15.2. The number of aromatic nitrogens is 3. The highest BCUT2D eigenvalue weighted by Crippen LogP contribution is 2.30. The number of carbonyl (C=O) groups is 2. The van der Waals surface area contributed by atoms with E-state index in [1.807, 2.05) is 30.0 Å². The number of H-pyrrole nitrogens is 1. The highest BCUT2D eigenvalue weighted by Gasteiger charge is 2.36. The Balaban J connectivity index is 1.22. The summed E-state index contributed by atoms with van der Waals surface area (Å²) >= 11 is 0. The number of pyridine rings is 1. The van der Waals surface area contributed by atoms with Crippen molar-refractivity contribution in [2.75, 3.05) is 13.7 Å². The van der Waals surface area contributed by atoms with Crippen molar-refractivity contribution in [1.82, 2.24) is 25.4 Å². The van der Waals surface area contributed by atoms with Crippen molar-refractivity contribution in [2.24, 2.45) is 5.92 Å². The first-order valence-corrected chi connectivity index (χ1v) is 15.2.